The van der Waals surface area contributed by atoms with E-state index in [1.807, 2.05) is 0 Å². The lowest BCUT2D eigenvalue weighted by Crippen LogP contribution is -1.97. The largest absolute Gasteiger partial charge is 0.494 e. The van der Waals surface area contributed by atoms with Gasteiger partial charge in [0.15, 0.2) is 0 Å². The van der Waals surface area contributed by atoms with Crippen LogP contribution in [0, 0.1) is 0 Å². The van der Waals surface area contributed by atoms with Crippen molar-refractivity contribution in [3.63, 3.8) is 0 Å². The lowest BCUT2D eigenvalue weighted by Gasteiger charge is -2.10. The molecule has 0 N–H and O–H groups in total. The van der Waals surface area contributed by atoms with Gasteiger partial charge in [0, 0.05) is 0 Å². The normalized spacial score (nSPS) is 11.0. The molecule has 0 aliphatic heterocycles. The molecule has 0 aliphatic carbocycles. The molecule has 0 atom stereocenters. The van der Waals surface area contributed by atoms with Crippen LogP contribution in [0.2, 0.25) is 0 Å². The van der Waals surface area contributed by atoms with Crippen molar-refractivity contribution in [2.75, 3.05) is 6.61 Å². The lowest BCUT2D eigenvalue weighted by molar-refractivity contribution is 0.304. The van der Waals surface area contributed by atoms with Crippen LogP contribution in [-0.4, -0.2) is 6.61 Å². The Morgan fingerprint density at radius 1 is 0.246 bits per heavy atom. The minimum Gasteiger partial charge on any atom is -0.494 e. The van der Waals surface area contributed by atoms with Crippen molar-refractivity contribution in [1.82, 2.24) is 0 Å². The highest BCUT2D eigenvalue weighted by Gasteiger charge is 2.07. The van der Waals surface area contributed by atoms with Gasteiger partial charge in [-0.2, -0.15) is 0 Å². The summed E-state index contributed by atoms with van der Waals surface area (Å²) < 4.78 is 5.99. The highest BCUT2D eigenvalue weighted by Crippen LogP contribution is 2.32. The van der Waals surface area contributed by atoms with Crippen molar-refractivity contribution in [3.8, 4) is 83.6 Å². The summed E-state index contributed by atoms with van der Waals surface area (Å²) in [7, 11) is 0. The second-order valence-electron chi connectivity index (χ2n) is 15.0. The third-order valence-electron chi connectivity index (χ3n) is 11.0. The van der Waals surface area contributed by atoms with Gasteiger partial charge in [0.05, 0.1) is 6.61 Å². The van der Waals surface area contributed by atoms with E-state index in [1.165, 1.54) is 110 Å². The Labute approximate surface area is 339 Å². The molecule has 0 saturated carbocycles. The van der Waals surface area contributed by atoms with Crippen LogP contribution in [0.4, 0.5) is 0 Å². The molecule has 0 amide bonds. The molecule has 0 bridgehead atoms. The van der Waals surface area contributed by atoms with E-state index in [0.717, 1.165) is 18.8 Å². The van der Waals surface area contributed by atoms with Crippen LogP contribution in [0.25, 0.3) is 77.9 Å². The topological polar surface area (TPSA) is 9.23 Å². The van der Waals surface area contributed by atoms with E-state index in [4.69, 9.17) is 4.74 Å². The fraction of sp³-hybridized carbons (Fsp3) is 0.143. The summed E-state index contributed by atoms with van der Waals surface area (Å²) in [6.45, 7) is 3.05. The number of unbranched alkanes of at least 4 members (excludes halogenated alkanes) is 5. The molecule has 0 heterocycles. The highest BCUT2D eigenvalue weighted by molar-refractivity contribution is 5.77. The van der Waals surface area contributed by atoms with Gasteiger partial charge < -0.3 is 4.74 Å². The molecule has 8 rings (SSSR count). The molecule has 0 radical (unpaired) electrons. The van der Waals surface area contributed by atoms with Crippen molar-refractivity contribution in [1.29, 1.82) is 0 Å². The second kappa shape index (κ2) is 18.5. The van der Waals surface area contributed by atoms with Crippen LogP contribution in [0.3, 0.4) is 0 Å². The Morgan fingerprint density at radius 2 is 0.474 bits per heavy atom. The molecule has 0 saturated heterocycles. The maximum absolute atomic E-state index is 5.99. The number of hydrogen-bond acceptors (Lipinski definition) is 1. The zero-order chi connectivity index (χ0) is 38.7. The molecule has 280 valence electrons. The Bertz CT molecular complexity index is 2420. The SMILES string of the molecule is CCCCCCCCOc1ccc(-c2ccc(-c3ccc(-c4ccc(-c5ccc(-c6ccc(-c7ccc(-c8ccccc8)cc7)cc6)cc5)cc4)cc3)cc2)cc1. The first kappa shape index (κ1) is 37.5. The van der Waals surface area contributed by atoms with Crippen molar-refractivity contribution < 1.29 is 4.74 Å². The Kier molecular flexibility index (Phi) is 12.1. The van der Waals surface area contributed by atoms with E-state index in [1.54, 1.807) is 0 Å². The van der Waals surface area contributed by atoms with Crippen LogP contribution < -0.4 is 4.74 Å². The molecule has 0 unspecified atom stereocenters. The molecule has 1 nitrogen and oxygen atoms in total. The third kappa shape index (κ3) is 9.51. The number of hydrogen-bond donors (Lipinski definition) is 0. The first-order valence-electron chi connectivity index (χ1n) is 20.6. The maximum Gasteiger partial charge on any atom is 0.119 e. The van der Waals surface area contributed by atoms with Crippen molar-refractivity contribution in [2.24, 2.45) is 0 Å². The summed E-state index contributed by atoms with van der Waals surface area (Å²) in [5, 5.41) is 0. The van der Waals surface area contributed by atoms with Gasteiger partial charge in [-0.3, -0.25) is 0 Å². The maximum atomic E-state index is 5.99. The average Bonchev–Trinajstić information content (AvgIpc) is 3.30. The smallest absolute Gasteiger partial charge is 0.119 e. The minimum absolute atomic E-state index is 0.795. The van der Waals surface area contributed by atoms with Crippen LogP contribution >= 0.6 is 0 Å². The lowest BCUT2D eigenvalue weighted by atomic mass is 9.95. The highest BCUT2D eigenvalue weighted by atomic mass is 16.5. The fourth-order valence-corrected chi connectivity index (χ4v) is 7.58. The standard InChI is InChI=1S/C56H50O/c1-2-3-4-5-6-10-41-57-56-39-37-55(38-40-56)54-35-33-53(34-36-54)52-31-29-51(30-32-52)50-27-25-49(26-28-50)48-23-21-47(22-24-48)46-19-17-45(18-20-46)44-15-13-43(14-16-44)42-11-8-7-9-12-42/h7-9,11-40H,2-6,10,41H2,1H3. The van der Waals surface area contributed by atoms with Crippen molar-refractivity contribution >= 4 is 0 Å². The van der Waals surface area contributed by atoms with Gasteiger partial charge in [0.1, 0.15) is 5.75 Å². The molecular formula is C56H50O. The minimum atomic E-state index is 0.795. The first-order chi connectivity index (χ1) is 28.2. The summed E-state index contributed by atoms with van der Waals surface area (Å²) >= 11 is 0. The van der Waals surface area contributed by atoms with E-state index in [0.29, 0.717) is 0 Å². The monoisotopic (exact) mass is 738 g/mol. The van der Waals surface area contributed by atoms with Gasteiger partial charge in [-0.15, -0.1) is 0 Å². The summed E-state index contributed by atoms with van der Waals surface area (Å²) in [5.41, 5.74) is 17.1. The Hall–Kier alpha value is -6.44. The zero-order valence-electron chi connectivity index (χ0n) is 32.9. The molecular weight excluding hydrogens is 689 g/mol. The van der Waals surface area contributed by atoms with Crippen LogP contribution in [0.15, 0.2) is 200 Å². The quantitative estimate of drug-likeness (QED) is 0.0952. The summed E-state index contributed by atoms with van der Waals surface area (Å²) in [6, 6.07) is 72.3. The molecule has 57 heavy (non-hydrogen) atoms. The van der Waals surface area contributed by atoms with Gasteiger partial charge in [-0.1, -0.05) is 227 Å². The average molecular weight is 739 g/mol. The Morgan fingerprint density at radius 3 is 0.754 bits per heavy atom. The molecule has 0 spiro atoms. The molecule has 0 fully saturated rings. The van der Waals surface area contributed by atoms with Crippen molar-refractivity contribution in [3.05, 3.63) is 200 Å². The summed E-state index contributed by atoms with van der Waals surface area (Å²) in [5.74, 6) is 0.952. The van der Waals surface area contributed by atoms with E-state index in [2.05, 4.69) is 207 Å². The fourth-order valence-electron chi connectivity index (χ4n) is 7.58. The van der Waals surface area contributed by atoms with Gasteiger partial charge in [0.25, 0.3) is 0 Å². The van der Waals surface area contributed by atoms with Gasteiger partial charge in [0.2, 0.25) is 0 Å². The molecule has 8 aromatic rings. The van der Waals surface area contributed by atoms with E-state index in [9.17, 15) is 0 Å². The first-order valence-corrected chi connectivity index (χ1v) is 20.6. The molecule has 1 heteroatoms. The summed E-state index contributed by atoms with van der Waals surface area (Å²) in [4.78, 5) is 0. The third-order valence-corrected chi connectivity index (χ3v) is 11.0. The van der Waals surface area contributed by atoms with E-state index >= 15 is 0 Å². The number of rotatable bonds is 15. The van der Waals surface area contributed by atoms with Crippen LogP contribution in [0.1, 0.15) is 45.4 Å². The summed E-state index contributed by atoms with van der Waals surface area (Å²) in [6.07, 6.45) is 7.66. The van der Waals surface area contributed by atoms with E-state index < -0.39 is 0 Å². The number of benzene rings is 8. The zero-order valence-corrected chi connectivity index (χ0v) is 32.9. The number of ether oxygens (including phenoxy) is 1. The molecule has 0 aliphatic rings. The molecule has 8 aromatic carbocycles. The van der Waals surface area contributed by atoms with E-state index in [-0.39, 0.29) is 0 Å². The predicted molar refractivity (Wildman–Crippen MR) is 243 cm³/mol. The Balaban J connectivity index is 0.845. The second-order valence-corrected chi connectivity index (χ2v) is 15.0. The molecule has 0 aromatic heterocycles. The van der Waals surface area contributed by atoms with Crippen LogP contribution in [-0.2, 0) is 0 Å². The van der Waals surface area contributed by atoms with Crippen LogP contribution in [0.5, 0.6) is 5.75 Å². The van der Waals surface area contributed by atoms with Gasteiger partial charge in [-0.25, -0.2) is 0 Å². The van der Waals surface area contributed by atoms with Gasteiger partial charge in [-0.05, 0) is 96.4 Å². The van der Waals surface area contributed by atoms with Gasteiger partial charge >= 0.3 is 0 Å². The van der Waals surface area contributed by atoms with Crippen molar-refractivity contribution in [2.45, 2.75) is 45.4 Å². The predicted octanol–water partition coefficient (Wildman–Crippen LogP) is 16.1.